The van der Waals surface area contributed by atoms with Gasteiger partial charge in [-0.05, 0) is 88.2 Å². The van der Waals surface area contributed by atoms with E-state index in [4.69, 9.17) is 20.6 Å². The van der Waals surface area contributed by atoms with Gasteiger partial charge < -0.3 is 55.5 Å². The molecule has 29 heteroatoms. The van der Waals surface area contributed by atoms with Gasteiger partial charge in [0.05, 0.1) is 49.9 Å². The SMILES string of the molecule is C#C[C@H]1CC(F)(F)CN1C(=O)CNC(=O)c1ccnc2ccc(OCCCCN3CCN(C(=O)[C@H](O)CSCCNC(=O)[C@H](CCCCNC(=O)CCCc4ccc(C)cc4)NC(=O)CN4CCN(COC=O)CCN(COC=O)CCN(CC(=O)O)CC4)CC3)cc12. The molecule has 6 amide bonds. The number of hydrogen-bond donors (Lipinski definition) is 6. The molecule has 510 valence electrons. The van der Waals surface area contributed by atoms with Crippen LogP contribution in [0.15, 0.2) is 54.7 Å². The van der Waals surface area contributed by atoms with Gasteiger partial charge in [0, 0.05) is 128 Å². The van der Waals surface area contributed by atoms with E-state index in [0.29, 0.717) is 146 Å². The first-order valence-corrected chi connectivity index (χ1v) is 32.8. The number of unbranched alkanes of at least 4 members (excludes halogenated alkanes) is 2. The number of likely N-dealkylation sites (tertiary alicyclic amines) is 1. The van der Waals surface area contributed by atoms with Crippen LogP contribution in [0.2, 0.25) is 0 Å². The molecule has 3 saturated heterocycles. The summed E-state index contributed by atoms with van der Waals surface area (Å²) in [5.74, 6) is -3.57. The number of piperazine rings is 1. The molecule has 3 aliphatic rings. The highest BCUT2D eigenvalue weighted by molar-refractivity contribution is 7.99. The van der Waals surface area contributed by atoms with Crippen molar-refractivity contribution in [2.75, 3.05) is 156 Å². The predicted molar refractivity (Wildman–Crippen MR) is 343 cm³/mol. The zero-order valence-electron chi connectivity index (χ0n) is 53.0. The van der Waals surface area contributed by atoms with Crippen LogP contribution < -0.4 is 26.0 Å². The number of halogens is 2. The van der Waals surface area contributed by atoms with E-state index in [1.54, 1.807) is 28.0 Å². The van der Waals surface area contributed by atoms with Crippen molar-refractivity contribution < 1.29 is 76.4 Å². The van der Waals surface area contributed by atoms with E-state index in [9.17, 15) is 62.1 Å². The van der Waals surface area contributed by atoms with Crippen LogP contribution in [0.4, 0.5) is 8.78 Å². The van der Waals surface area contributed by atoms with Crippen LogP contribution in [-0.2, 0) is 54.3 Å². The third-order valence-corrected chi connectivity index (χ3v) is 17.3. The summed E-state index contributed by atoms with van der Waals surface area (Å²) in [6.07, 6.45) is 9.57. The Hall–Kier alpha value is -7.59. The second-order valence-corrected chi connectivity index (χ2v) is 24.5. The van der Waals surface area contributed by atoms with Crippen LogP contribution >= 0.6 is 11.8 Å². The lowest BCUT2D eigenvalue weighted by molar-refractivity contribution is -0.141. The van der Waals surface area contributed by atoms with Crippen LogP contribution in [0.1, 0.15) is 72.9 Å². The van der Waals surface area contributed by atoms with E-state index >= 15 is 0 Å². The number of aliphatic hydroxyl groups excluding tert-OH is 1. The molecule has 3 aliphatic heterocycles. The van der Waals surface area contributed by atoms with Crippen molar-refractivity contribution in [3.8, 4) is 18.1 Å². The Labute approximate surface area is 546 Å². The molecule has 3 fully saturated rings. The zero-order valence-corrected chi connectivity index (χ0v) is 53.8. The van der Waals surface area contributed by atoms with Gasteiger partial charge in [-0.3, -0.25) is 72.6 Å². The summed E-state index contributed by atoms with van der Waals surface area (Å²) in [5.41, 5.74) is 3.07. The fraction of sp³-hybridized carbons (Fsp3) is 0.594. The van der Waals surface area contributed by atoms with Gasteiger partial charge in [-0.25, -0.2) is 8.78 Å². The molecule has 6 rings (SSSR count). The maximum atomic E-state index is 14.0. The number of terminal acetylenes is 1. The molecule has 26 nitrogen and oxygen atoms in total. The Bertz CT molecular complexity index is 2960. The molecule has 0 spiro atoms. The quantitative estimate of drug-likeness (QED) is 0.0269. The number of alkyl halides is 2. The number of amides is 6. The number of carboxylic acids is 1. The molecule has 3 aromatic rings. The van der Waals surface area contributed by atoms with Gasteiger partial charge in [0.25, 0.3) is 30.7 Å². The number of aromatic nitrogens is 1. The summed E-state index contributed by atoms with van der Waals surface area (Å²) in [7, 11) is 0. The van der Waals surface area contributed by atoms with E-state index in [1.165, 1.54) is 29.6 Å². The number of carbonyl (C=O) groups is 9. The molecule has 3 atom stereocenters. The summed E-state index contributed by atoms with van der Waals surface area (Å²) in [6, 6.07) is 12.8. The van der Waals surface area contributed by atoms with Gasteiger partial charge in [-0.15, -0.1) is 6.42 Å². The molecule has 0 unspecified atom stereocenters. The number of thioether (sulfide) groups is 1. The molecule has 4 heterocycles. The van der Waals surface area contributed by atoms with Crippen LogP contribution in [0.5, 0.6) is 5.75 Å². The molecule has 0 bridgehead atoms. The Balaban J connectivity index is 0.919. The van der Waals surface area contributed by atoms with E-state index in [2.05, 4.69) is 49.2 Å². The van der Waals surface area contributed by atoms with Gasteiger partial charge >= 0.3 is 5.97 Å². The summed E-state index contributed by atoms with van der Waals surface area (Å²) in [6.45, 7) is 7.42. The lowest BCUT2D eigenvalue weighted by Gasteiger charge is -2.35. The average Bonchev–Trinajstić information content (AvgIpc) is 1.80. The third kappa shape index (κ3) is 26.7. The number of carboxylic acid groups (broad SMARTS) is 1. The van der Waals surface area contributed by atoms with Gasteiger partial charge in [-0.2, -0.15) is 11.8 Å². The van der Waals surface area contributed by atoms with Crippen molar-refractivity contribution in [3.05, 3.63) is 71.4 Å². The van der Waals surface area contributed by atoms with E-state index < -0.39 is 73.2 Å². The molecule has 2 aromatic carbocycles. The lowest BCUT2D eigenvalue weighted by Crippen LogP contribution is -2.52. The topological polar surface area (TPSA) is 305 Å². The number of aliphatic carboxylic acids is 1. The van der Waals surface area contributed by atoms with Gasteiger partial charge in [0.1, 0.15) is 31.4 Å². The number of rotatable bonds is 36. The number of benzene rings is 2. The third-order valence-electron chi connectivity index (χ3n) is 16.3. The Morgan fingerprint density at radius 1 is 0.774 bits per heavy atom. The minimum atomic E-state index is -3.10. The Kier molecular flexibility index (Phi) is 31.9. The van der Waals surface area contributed by atoms with Crippen molar-refractivity contribution in [3.63, 3.8) is 0 Å². The molecule has 0 radical (unpaired) electrons. The number of ether oxygens (including phenoxy) is 3. The van der Waals surface area contributed by atoms with E-state index in [1.807, 2.05) is 33.8 Å². The fourth-order valence-electron chi connectivity index (χ4n) is 11.0. The molecular formula is C64H90F2N12O14S. The highest BCUT2D eigenvalue weighted by Gasteiger charge is 2.46. The first-order valence-electron chi connectivity index (χ1n) is 31.6. The number of hydrogen-bond acceptors (Lipinski definition) is 20. The summed E-state index contributed by atoms with van der Waals surface area (Å²) in [4.78, 5) is 130. The highest BCUT2D eigenvalue weighted by atomic mass is 32.2. The second kappa shape index (κ2) is 39.8. The number of pyridine rings is 1. The average molecular weight is 1320 g/mol. The Morgan fingerprint density at radius 3 is 2.09 bits per heavy atom. The molecular weight excluding hydrogens is 1230 g/mol. The fourth-order valence-corrected chi connectivity index (χ4v) is 11.8. The maximum absolute atomic E-state index is 14.0. The van der Waals surface area contributed by atoms with Crippen molar-refractivity contribution in [2.24, 2.45) is 0 Å². The summed E-state index contributed by atoms with van der Waals surface area (Å²) in [5, 5.41) is 32.4. The summed E-state index contributed by atoms with van der Waals surface area (Å²) >= 11 is 1.30. The number of fused-ring (bicyclic) bond motifs is 1. The van der Waals surface area contributed by atoms with E-state index in [-0.39, 0.29) is 75.7 Å². The number of nitrogens with one attached hydrogen (secondary N) is 4. The molecule has 93 heavy (non-hydrogen) atoms. The van der Waals surface area contributed by atoms with Gasteiger partial charge in [-0.1, -0.05) is 35.7 Å². The zero-order chi connectivity index (χ0) is 67.0. The van der Waals surface area contributed by atoms with Crippen molar-refractivity contribution in [2.45, 2.75) is 88.8 Å². The minimum Gasteiger partial charge on any atom is -0.494 e. The minimum absolute atomic E-state index is 0.0137. The number of aliphatic hydroxyl groups is 1. The number of carbonyl (C=O) groups excluding carboxylic acids is 8. The van der Waals surface area contributed by atoms with Crippen LogP contribution in [0.3, 0.4) is 0 Å². The van der Waals surface area contributed by atoms with Crippen LogP contribution in [0, 0.1) is 19.3 Å². The number of nitrogens with zero attached hydrogens (tertiary/aromatic N) is 8. The normalized spacial score (nSPS) is 17.8. The first kappa shape index (κ1) is 74.4. The van der Waals surface area contributed by atoms with Crippen molar-refractivity contribution >= 4 is 77.0 Å². The van der Waals surface area contributed by atoms with Crippen LogP contribution in [0.25, 0.3) is 10.9 Å². The summed E-state index contributed by atoms with van der Waals surface area (Å²) < 4.78 is 44.0. The van der Waals surface area contributed by atoms with Gasteiger partial charge in [0.2, 0.25) is 23.6 Å². The largest absolute Gasteiger partial charge is 0.494 e. The van der Waals surface area contributed by atoms with Crippen molar-refractivity contribution in [1.82, 2.24) is 60.6 Å². The standard InChI is InChI=1S/C64H90F2N12O14S/c1-3-50-38-64(65,66)43-78(50)59(84)39-70-61(87)52-18-20-67-54-17-16-51(37-53(52)54)92-35-7-6-22-72-31-33-77(34-32-72)63(89)56(81)42-93-36-21-69-62(88)55(10-4-5-19-68-57(82)11-8-9-49-14-12-48(2)13-15-49)71-58(83)40-73-23-24-74(41-60(85)86)26-28-76(45-91-47-80)30-29-75(27-25-73)44-90-46-79/h1,12-18,20,37,46-47,50,55-56,81H,4-11,19,21-36,38-45H2,2H3,(H,68,82)(H,69,88)(H,70,87)(H,71,83)(H,85,86)/t50-,55-,56+/m0/s1. The monoisotopic (exact) mass is 1320 g/mol. The van der Waals surface area contributed by atoms with Gasteiger partial charge in [0.15, 0.2) is 0 Å². The van der Waals surface area contributed by atoms with Crippen molar-refractivity contribution in [1.29, 1.82) is 0 Å². The van der Waals surface area contributed by atoms with E-state index in [0.717, 1.165) is 29.8 Å². The predicted octanol–water partition coefficient (Wildman–Crippen LogP) is 1.02. The molecule has 0 saturated carbocycles. The molecule has 6 N–H and O–H groups in total. The molecule has 1 aromatic heterocycles. The highest BCUT2D eigenvalue weighted by Crippen LogP contribution is 2.32. The maximum Gasteiger partial charge on any atom is 0.317 e. The van der Waals surface area contributed by atoms with Crippen LogP contribution in [-0.4, -0.2) is 284 Å². The number of aryl methyl sites for hydroxylation is 2. The lowest BCUT2D eigenvalue weighted by atomic mass is 10.1. The first-order chi connectivity index (χ1) is 44.8. The molecule has 0 aliphatic carbocycles. The smallest absolute Gasteiger partial charge is 0.317 e. The second-order valence-electron chi connectivity index (χ2n) is 23.4. The Morgan fingerprint density at radius 2 is 1.43 bits per heavy atom.